The molecule has 0 fully saturated rings. The van der Waals surface area contributed by atoms with E-state index in [-0.39, 0.29) is 5.56 Å². The minimum absolute atomic E-state index is 0.0765. The fourth-order valence-electron chi connectivity index (χ4n) is 1.20. The van der Waals surface area contributed by atoms with Crippen LogP contribution in [0, 0.1) is 3.57 Å². The molecule has 96 valence electrons. The number of aromatic amines is 1. The molecule has 0 aliphatic rings. The molecule has 1 heterocycles. The van der Waals surface area contributed by atoms with Crippen molar-refractivity contribution in [1.82, 2.24) is 9.97 Å². The molecule has 0 saturated heterocycles. The van der Waals surface area contributed by atoms with Gasteiger partial charge in [0.1, 0.15) is 9.39 Å². The number of hydrogen-bond acceptors (Lipinski definition) is 4. The minimum atomic E-state index is -0.0765. The van der Waals surface area contributed by atoms with Crippen molar-refractivity contribution in [3.63, 3.8) is 0 Å². The number of methoxy groups -OCH3 is 1. The zero-order valence-electron chi connectivity index (χ0n) is 10.2. The normalized spacial score (nSPS) is 12.7. The number of halogens is 1. The van der Waals surface area contributed by atoms with Crippen molar-refractivity contribution in [2.45, 2.75) is 37.9 Å². The van der Waals surface area contributed by atoms with Crippen LogP contribution in [0.15, 0.2) is 4.79 Å². The second-order valence-electron chi connectivity index (χ2n) is 3.74. The Balaban J connectivity index is 2.83. The van der Waals surface area contributed by atoms with E-state index >= 15 is 0 Å². The largest absolute Gasteiger partial charge is 0.378 e. The lowest BCUT2D eigenvalue weighted by molar-refractivity contribution is 0.180. The first-order valence-corrected chi connectivity index (χ1v) is 7.59. The van der Waals surface area contributed by atoms with E-state index in [2.05, 4.69) is 23.8 Å². The van der Waals surface area contributed by atoms with E-state index in [0.717, 1.165) is 23.7 Å². The molecule has 1 atom stereocenters. The Kier molecular flexibility index (Phi) is 6.50. The van der Waals surface area contributed by atoms with Crippen LogP contribution in [0.3, 0.4) is 0 Å². The van der Waals surface area contributed by atoms with Crippen molar-refractivity contribution >= 4 is 34.4 Å². The molecule has 6 heteroatoms. The van der Waals surface area contributed by atoms with Gasteiger partial charge in [-0.05, 0) is 29.0 Å². The SMILES string of the molecule is CCC(C)SCc1nc(COC)c(I)c(=O)[nH]1. The summed E-state index contributed by atoms with van der Waals surface area (Å²) in [5.74, 6) is 1.46. The monoisotopic (exact) mass is 368 g/mol. The first-order valence-electron chi connectivity index (χ1n) is 5.46. The Morgan fingerprint density at radius 3 is 2.88 bits per heavy atom. The van der Waals surface area contributed by atoms with Crippen molar-refractivity contribution in [3.8, 4) is 0 Å². The van der Waals surface area contributed by atoms with Crippen molar-refractivity contribution in [3.05, 3.63) is 25.4 Å². The van der Waals surface area contributed by atoms with Crippen LogP contribution < -0.4 is 5.56 Å². The molecule has 0 radical (unpaired) electrons. The quantitative estimate of drug-likeness (QED) is 0.785. The fraction of sp³-hybridized carbons (Fsp3) is 0.636. The molecular formula is C11H17IN2O2S. The van der Waals surface area contributed by atoms with E-state index in [9.17, 15) is 4.79 Å². The predicted octanol–water partition coefficient (Wildman–Crippen LogP) is 2.55. The van der Waals surface area contributed by atoms with Crippen molar-refractivity contribution in [1.29, 1.82) is 0 Å². The maximum absolute atomic E-state index is 11.7. The third-order valence-corrected chi connectivity index (χ3v) is 4.80. The smallest absolute Gasteiger partial charge is 0.264 e. The molecule has 0 amide bonds. The third kappa shape index (κ3) is 4.59. The average molecular weight is 368 g/mol. The molecule has 0 aliphatic carbocycles. The van der Waals surface area contributed by atoms with Gasteiger partial charge in [0.05, 0.1) is 18.1 Å². The van der Waals surface area contributed by atoms with E-state index < -0.39 is 0 Å². The van der Waals surface area contributed by atoms with Gasteiger partial charge >= 0.3 is 0 Å². The van der Waals surface area contributed by atoms with Crippen molar-refractivity contribution in [2.75, 3.05) is 7.11 Å². The molecule has 0 saturated carbocycles. The maximum atomic E-state index is 11.7. The number of nitrogens with one attached hydrogen (secondary N) is 1. The molecule has 1 unspecified atom stereocenters. The summed E-state index contributed by atoms with van der Waals surface area (Å²) < 4.78 is 5.65. The van der Waals surface area contributed by atoms with Crippen LogP contribution in [0.1, 0.15) is 31.8 Å². The summed E-state index contributed by atoms with van der Waals surface area (Å²) in [6.07, 6.45) is 1.12. The maximum Gasteiger partial charge on any atom is 0.264 e. The van der Waals surface area contributed by atoms with Crippen LogP contribution in [0.2, 0.25) is 0 Å². The third-order valence-electron chi connectivity index (χ3n) is 2.34. The molecule has 1 aromatic rings. The Bertz CT molecular complexity index is 422. The van der Waals surface area contributed by atoms with Gasteiger partial charge in [-0.1, -0.05) is 13.8 Å². The van der Waals surface area contributed by atoms with Crippen molar-refractivity contribution in [2.24, 2.45) is 0 Å². The molecule has 0 spiro atoms. The highest BCUT2D eigenvalue weighted by Gasteiger charge is 2.09. The number of ether oxygens (including phenoxy) is 1. The van der Waals surface area contributed by atoms with Crippen LogP contribution in [0.4, 0.5) is 0 Å². The van der Waals surface area contributed by atoms with Gasteiger partial charge < -0.3 is 9.72 Å². The lowest BCUT2D eigenvalue weighted by Gasteiger charge is -2.09. The standard InChI is InChI=1S/C11H17IN2O2S/c1-4-7(2)17-6-9-13-8(5-16-3)10(12)11(15)14-9/h7H,4-6H2,1-3H3,(H,13,14,15). The molecule has 0 bridgehead atoms. The van der Waals surface area contributed by atoms with E-state index in [1.54, 1.807) is 18.9 Å². The molecule has 1 N–H and O–H groups in total. The van der Waals surface area contributed by atoms with Gasteiger partial charge in [-0.25, -0.2) is 4.98 Å². The second kappa shape index (κ2) is 7.38. The lowest BCUT2D eigenvalue weighted by Crippen LogP contribution is -2.18. The molecule has 0 aliphatic heterocycles. The summed E-state index contributed by atoms with van der Waals surface area (Å²) in [7, 11) is 1.60. The summed E-state index contributed by atoms with van der Waals surface area (Å²) >= 11 is 3.80. The topological polar surface area (TPSA) is 55.0 Å². The lowest BCUT2D eigenvalue weighted by atomic mass is 10.4. The number of hydrogen-bond donors (Lipinski definition) is 1. The van der Waals surface area contributed by atoms with Crippen molar-refractivity contribution < 1.29 is 4.74 Å². The molecule has 4 nitrogen and oxygen atoms in total. The summed E-state index contributed by atoms with van der Waals surface area (Å²) in [4.78, 5) is 18.9. The number of rotatable bonds is 6. The van der Waals surface area contributed by atoms with Crippen LogP contribution in [0.5, 0.6) is 0 Å². The van der Waals surface area contributed by atoms with Crippen LogP contribution in [-0.2, 0) is 17.1 Å². The Morgan fingerprint density at radius 2 is 2.29 bits per heavy atom. The second-order valence-corrected chi connectivity index (χ2v) is 6.24. The Hall–Kier alpha value is -0.0800. The zero-order valence-corrected chi connectivity index (χ0v) is 13.2. The van der Waals surface area contributed by atoms with E-state index in [0.29, 0.717) is 15.4 Å². The Morgan fingerprint density at radius 1 is 1.59 bits per heavy atom. The first-order chi connectivity index (χ1) is 8.08. The average Bonchev–Trinajstić information content (AvgIpc) is 2.32. The van der Waals surface area contributed by atoms with Crippen LogP contribution in [-0.4, -0.2) is 22.3 Å². The summed E-state index contributed by atoms with van der Waals surface area (Å²) in [6.45, 7) is 4.70. The fourth-order valence-corrected chi connectivity index (χ4v) is 2.42. The highest BCUT2D eigenvalue weighted by atomic mass is 127. The van der Waals surface area contributed by atoms with Crippen LogP contribution in [0.25, 0.3) is 0 Å². The number of aromatic nitrogens is 2. The minimum Gasteiger partial charge on any atom is -0.378 e. The predicted molar refractivity (Wildman–Crippen MR) is 79.3 cm³/mol. The summed E-state index contributed by atoms with van der Waals surface area (Å²) in [5.41, 5.74) is 0.643. The molecule has 0 aromatic carbocycles. The van der Waals surface area contributed by atoms with Crippen LogP contribution >= 0.6 is 34.4 Å². The van der Waals surface area contributed by atoms with Gasteiger partial charge in [-0.15, -0.1) is 0 Å². The highest BCUT2D eigenvalue weighted by Crippen LogP contribution is 2.17. The van der Waals surface area contributed by atoms with E-state index in [4.69, 9.17) is 4.74 Å². The van der Waals surface area contributed by atoms with Gasteiger partial charge in [0.2, 0.25) is 0 Å². The number of H-pyrrole nitrogens is 1. The molecule has 1 aromatic heterocycles. The number of nitrogens with zero attached hydrogens (tertiary/aromatic N) is 1. The van der Waals surface area contributed by atoms with Gasteiger partial charge in [0, 0.05) is 12.4 Å². The van der Waals surface area contributed by atoms with Gasteiger partial charge in [0.25, 0.3) is 5.56 Å². The first kappa shape index (κ1) is 15.0. The highest BCUT2D eigenvalue weighted by molar-refractivity contribution is 14.1. The summed E-state index contributed by atoms with van der Waals surface area (Å²) in [5, 5.41) is 0.574. The van der Waals surface area contributed by atoms with Gasteiger partial charge in [0.15, 0.2) is 0 Å². The molecule has 17 heavy (non-hydrogen) atoms. The number of thioether (sulfide) groups is 1. The molecular weight excluding hydrogens is 351 g/mol. The van der Waals surface area contributed by atoms with Gasteiger partial charge in [-0.3, -0.25) is 4.79 Å². The van der Waals surface area contributed by atoms with E-state index in [1.807, 2.05) is 22.6 Å². The summed E-state index contributed by atoms with van der Waals surface area (Å²) in [6, 6.07) is 0. The zero-order chi connectivity index (χ0) is 12.8. The molecule has 1 rings (SSSR count). The van der Waals surface area contributed by atoms with E-state index in [1.165, 1.54) is 0 Å². The Labute approximate surface area is 119 Å². The van der Waals surface area contributed by atoms with Gasteiger partial charge in [-0.2, -0.15) is 11.8 Å².